The number of fused-ring (bicyclic) bond motifs is 1. The minimum atomic E-state index is -3.50. The second-order valence-corrected chi connectivity index (χ2v) is 5.91. The third-order valence-corrected chi connectivity index (χ3v) is 5.27. The molecule has 3 saturated heterocycles. The molecule has 6 unspecified atom stereocenters. The Morgan fingerprint density at radius 2 is 2.00 bits per heavy atom. The maximum Gasteiger partial charge on any atom is 0.274 e. The third kappa shape index (κ3) is 0.780. The summed E-state index contributed by atoms with van der Waals surface area (Å²) < 4.78 is 33.7. The predicted octanol–water partition coefficient (Wildman–Crippen LogP) is -0.234. The fourth-order valence-electron chi connectivity index (χ4n) is 2.89. The van der Waals surface area contributed by atoms with Gasteiger partial charge in [-0.15, -0.1) is 0 Å². The van der Waals surface area contributed by atoms with Gasteiger partial charge < -0.3 is 10.1 Å². The fraction of sp³-hybridized carbons (Fsp3) is 0.875. The average Bonchev–Trinajstić information content (AvgIpc) is 2.67. The highest BCUT2D eigenvalue weighted by atomic mass is 32.2. The largest absolute Gasteiger partial charge is 0.370 e. The molecule has 14 heavy (non-hydrogen) atoms. The van der Waals surface area contributed by atoms with Gasteiger partial charge in [0.05, 0.1) is 6.10 Å². The predicted molar refractivity (Wildman–Crippen MR) is 47.7 cm³/mol. The highest BCUT2D eigenvalue weighted by molar-refractivity contribution is 7.87. The first kappa shape index (κ1) is 8.82. The van der Waals surface area contributed by atoms with Crippen molar-refractivity contribution in [3.05, 3.63) is 0 Å². The molecule has 0 aromatic carbocycles. The Balaban J connectivity index is 2.13. The van der Waals surface area contributed by atoms with E-state index in [1.54, 1.807) is 0 Å². The van der Waals surface area contributed by atoms with Gasteiger partial charge in [-0.05, 0) is 0 Å². The molecule has 6 atom stereocenters. The number of hydrogen-bond donors (Lipinski definition) is 1. The van der Waals surface area contributed by atoms with E-state index in [-0.39, 0.29) is 30.1 Å². The van der Waals surface area contributed by atoms with Crippen LogP contribution in [0.3, 0.4) is 0 Å². The summed E-state index contributed by atoms with van der Waals surface area (Å²) in [5.41, 5.74) is 0. The van der Waals surface area contributed by atoms with Gasteiger partial charge in [0.1, 0.15) is 17.5 Å². The fourth-order valence-corrected chi connectivity index (χ4v) is 4.78. The Bertz CT molecular complexity index is 392. The number of rotatable bonds is 1. The van der Waals surface area contributed by atoms with Gasteiger partial charge >= 0.3 is 0 Å². The monoisotopic (exact) mass is 217 g/mol. The smallest absolute Gasteiger partial charge is 0.274 e. The van der Waals surface area contributed by atoms with E-state index in [9.17, 15) is 8.42 Å². The Kier molecular flexibility index (Phi) is 1.49. The molecule has 0 aromatic rings. The van der Waals surface area contributed by atoms with Gasteiger partial charge in [0.25, 0.3) is 10.1 Å². The van der Waals surface area contributed by atoms with E-state index in [1.165, 1.54) is 6.21 Å². The molecule has 2 bridgehead atoms. The first-order valence-electron chi connectivity index (χ1n) is 4.64. The first-order chi connectivity index (χ1) is 6.56. The lowest BCUT2D eigenvalue weighted by atomic mass is 9.81. The highest BCUT2D eigenvalue weighted by Gasteiger charge is 2.68. The quantitative estimate of drug-likeness (QED) is 0.486. The van der Waals surface area contributed by atoms with Crippen LogP contribution in [0.15, 0.2) is 0 Å². The maximum absolute atomic E-state index is 11.6. The van der Waals surface area contributed by atoms with Crippen molar-refractivity contribution < 1.29 is 17.3 Å². The summed E-state index contributed by atoms with van der Waals surface area (Å²) >= 11 is 0. The second-order valence-electron chi connectivity index (χ2n) is 4.19. The molecule has 0 radical (unpaired) electrons. The van der Waals surface area contributed by atoms with Crippen molar-refractivity contribution in [2.24, 2.45) is 11.8 Å². The van der Waals surface area contributed by atoms with E-state index in [0.717, 1.165) is 0 Å². The first-order valence-corrected chi connectivity index (χ1v) is 6.11. The Morgan fingerprint density at radius 3 is 2.64 bits per heavy atom. The number of hydrogen-bond acceptors (Lipinski definition) is 5. The lowest BCUT2D eigenvalue weighted by molar-refractivity contribution is 0.0794. The molecule has 3 aliphatic rings. The molecule has 5 nitrogen and oxygen atoms in total. The van der Waals surface area contributed by atoms with Crippen LogP contribution in [0.1, 0.15) is 6.92 Å². The van der Waals surface area contributed by atoms with E-state index in [0.29, 0.717) is 0 Å². The van der Waals surface area contributed by atoms with Crippen molar-refractivity contribution in [3.63, 3.8) is 0 Å². The van der Waals surface area contributed by atoms with E-state index in [4.69, 9.17) is 14.3 Å². The van der Waals surface area contributed by atoms with Crippen molar-refractivity contribution in [1.82, 2.24) is 0 Å². The van der Waals surface area contributed by atoms with Crippen LogP contribution in [-0.2, 0) is 19.0 Å². The van der Waals surface area contributed by atoms with Gasteiger partial charge in [0, 0.05) is 18.1 Å². The lowest BCUT2D eigenvalue weighted by Crippen LogP contribution is -2.41. The number of nitrogens with one attached hydrogen (secondary N) is 1. The van der Waals surface area contributed by atoms with E-state index in [1.807, 2.05) is 6.92 Å². The van der Waals surface area contributed by atoms with Crippen LogP contribution in [0, 0.1) is 17.2 Å². The van der Waals surface area contributed by atoms with Gasteiger partial charge in [-0.2, -0.15) is 8.42 Å². The van der Waals surface area contributed by atoms with Gasteiger partial charge in [-0.1, -0.05) is 6.92 Å². The molecule has 0 amide bonds. The summed E-state index contributed by atoms with van der Waals surface area (Å²) in [4.78, 5) is 0. The molecule has 78 valence electrons. The summed E-state index contributed by atoms with van der Waals surface area (Å²) in [7, 11) is -3.50. The molecule has 0 spiro atoms. The number of ether oxygens (including phenoxy) is 1. The lowest BCUT2D eigenvalue weighted by Gasteiger charge is -2.22. The third-order valence-electron chi connectivity index (χ3n) is 3.53. The maximum atomic E-state index is 11.6. The summed E-state index contributed by atoms with van der Waals surface area (Å²) in [5.74, 6) is -0.251. The van der Waals surface area contributed by atoms with Gasteiger partial charge in [-0.3, -0.25) is 4.18 Å². The van der Waals surface area contributed by atoms with Crippen molar-refractivity contribution >= 4 is 16.3 Å². The molecular formula is C8H11NO4S. The van der Waals surface area contributed by atoms with Crippen LogP contribution in [0.25, 0.3) is 0 Å². The normalized spacial score (nSPS) is 57.8. The highest BCUT2D eigenvalue weighted by Crippen LogP contribution is 2.51. The molecule has 0 saturated carbocycles. The molecule has 3 fully saturated rings. The standard InChI is InChI=1S/C8H11NO4S/c1-3-5-4(2-9)8-7(12-5)6(3)13-14(8,10)11/h2-9H,1H3. The van der Waals surface area contributed by atoms with Crippen LogP contribution in [-0.4, -0.2) is 38.2 Å². The van der Waals surface area contributed by atoms with Crippen LogP contribution in [0.4, 0.5) is 0 Å². The molecule has 3 rings (SSSR count). The minimum absolute atomic E-state index is 0.0696. The van der Waals surface area contributed by atoms with E-state index >= 15 is 0 Å². The summed E-state index contributed by atoms with van der Waals surface area (Å²) in [6, 6.07) is 0. The Labute approximate surface area is 82.0 Å². The molecule has 1 N–H and O–H groups in total. The van der Waals surface area contributed by atoms with E-state index in [2.05, 4.69) is 0 Å². The Hall–Kier alpha value is -0.460. The summed E-state index contributed by atoms with van der Waals surface area (Å²) in [6.45, 7) is 1.92. The molecule has 3 heterocycles. The van der Waals surface area contributed by atoms with Crippen LogP contribution in [0.2, 0.25) is 0 Å². The minimum Gasteiger partial charge on any atom is -0.370 e. The molecule has 6 heteroatoms. The molecule has 0 aliphatic carbocycles. The Morgan fingerprint density at radius 1 is 1.29 bits per heavy atom. The average molecular weight is 217 g/mol. The van der Waals surface area contributed by atoms with Crippen molar-refractivity contribution in [2.45, 2.75) is 30.5 Å². The second kappa shape index (κ2) is 2.37. The zero-order valence-electron chi connectivity index (χ0n) is 7.58. The van der Waals surface area contributed by atoms with Gasteiger partial charge in [-0.25, -0.2) is 0 Å². The zero-order chi connectivity index (χ0) is 10.1. The topological polar surface area (TPSA) is 76.5 Å². The van der Waals surface area contributed by atoms with Crippen molar-refractivity contribution in [1.29, 1.82) is 5.41 Å². The van der Waals surface area contributed by atoms with Crippen molar-refractivity contribution in [2.75, 3.05) is 0 Å². The van der Waals surface area contributed by atoms with Crippen LogP contribution in [0.5, 0.6) is 0 Å². The summed E-state index contributed by atoms with van der Waals surface area (Å²) in [6.07, 6.45) is 0.386. The van der Waals surface area contributed by atoms with Crippen molar-refractivity contribution in [3.8, 4) is 0 Å². The zero-order valence-corrected chi connectivity index (χ0v) is 8.40. The summed E-state index contributed by atoms with van der Waals surface area (Å²) in [5, 5.41) is 6.62. The van der Waals surface area contributed by atoms with Gasteiger partial charge in [0.15, 0.2) is 0 Å². The van der Waals surface area contributed by atoms with E-state index < -0.39 is 15.4 Å². The SMILES string of the molecule is CC1C2OC3C1OS(=O)(=O)C3C2C=N. The molecule has 3 aliphatic heterocycles. The molecular weight excluding hydrogens is 206 g/mol. The van der Waals surface area contributed by atoms with Crippen LogP contribution >= 0.6 is 0 Å². The van der Waals surface area contributed by atoms with Gasteiger partial charge in [0.2, 0.25) is 0 Å². The van der Waals surface area contributed by atoms with Crippen LogP contribution < -0.4 is 0 Å². The molecule has 0 aromatic heterocycles.